The molecule has 4 atom stereocenters. The molecule has 4 aromatic rings. The van der Waals surface area contributed by atoms with Crippen LogP contribution in [0.2, 0.25) is 15.1 Å². The van der Waals surface area contributed by atoms with E-state index >= 15 is 0 Å². The van der Waals surface area contributed by atoms with E-state index in [4.69, 9.17) is 47.0 Å². The number of aromatic nitrogens is 2. The molecule has 9 heteroatoms. The minimum atomic E-state index is -0.221. The molecule has 0 radical (unpaired) electrons. The van der Waals surface area contributed by atoms with E-state index in [0.29, 0.717) is 27.0 Å². The Labute approximate surface area is 255 Å². The van der Waals surface area contributed by atoms with E-state index in [1.165, 1.54) is 6.42 Å². The molecule has 2 aromatic heterocycles. The lowest BCUT2D eigenvalue weighted by atomic mass is 9.91. The van der Waals surface area contributed by atoms with Gasteiger partial charge in [0.25, 0.3) is 0 Å². The lowest BCUT2D eigenvalue weighted by molar-refractivity contribution is 0.357. The fraction of sp³-hybridized carbons (Fsp3) is 0.290. The van der Waals surface area contributed by atoms with Crippen LogP contribution < -0.4 is 15.1 Å². The van der Waals surface area contributed by atoms with Gasteiger partial charge in [-0.25, -0.2) is 0 Å². The van der Waals surface area contributed by atoms with Gasteiger partial charge in [0.1, 0.15) is 6.04 Å². The predicted octanol–water partition coefficient (Wildman–Crippen LogP) is 8.49. The summed E-state index contributed by atoms with van der Waals surface area (Å²) >= 11 is 25.8. The molecule has 2 fully saturated rings. The molecule has 0 spiro atoms. The van der Waals surface area contributed by atoms with Crippen LogP contribution in [0.5, 0.6) is 0 Å². The van der Waals surface area contributed by atoms with E-state index in [9.17, 15) is 0 Å². The second-order valence-electron chi connectivity index (χ2n) is 10.9. The molecule has 0 saturated carbocycles. The molecule has 0 bridgehead atoms. The number of pyridine rings is 1. The molecule has 5 nitrogen and oxygen atoms in total. The minimum Gasteiger partial charge on any atom is -0.370 e. The van der Waals surface area contributed by atoms with Crippen molar-refractivity contribution < 1.29 is 0 Å². The lowest BCUT2D eigenvalue weighted by Crippen LogP contribution is -2.38. The number of halogens is 3. The zero-order valence-corrected chi connectivity index (χ0v) is 25.4. The lowest BCUT2D eigenvalue weighted by Gasteiger charge is -2.37. The third-order valence-electron chi connectivity index (χ3n) is 7.77. The van der Waals surface area contributed by atoms with E-state index in [2.05, 4.69) is 56.7 Å². The number of nitrogens with zero attached hydrogens (tertiary/aromatic N) is 4. The van der Waals surface area contributed by atoms with Gasteiger partial charge in [-0.2, -0.15) is 0 Å². The van der Waals surface area contributed by atoms with Gasteiger partial charge in [-0.1, -0.05) is 54.7 Å². The first kappa shape index (κ1) is 27.4. The first-order valence-electron chi connectivity index (χ1n) is 13.5. The van der Waals surface area contributed by atoms with Gasteiger partial charge >= 0.3 is 0 Å². The summed E-state index contributed by atoms with van der Waals surface area (Å²) in [6.07, 6.45) is 5.06. The zero-order chi connectivity index (χ0) is 28.0. The molecule has 1 N–H and O–H groups in total. The van der Waals surface area contributed by atoms with Gasteiger partial charge in [0, 0.05) is 41.9 Å². The summed E-state index contributed by atoms with van der Waals surface area (Å²) in [5, 5.41) is 6.03. The fourth-order valence-electron chi connectivity index (χ4n) is 6.23. The average molecular weight is 611 g/mol. The molecule has 6 rings (SSSR count). The highest BCUT2D eigenvalue weighted by molar-refractivity contribution is 7.80. The normalized spacial score (nSPS) is 23.0. The molecule has 4 heterocycles. The number of rotatable bonds is 5. The molecule has 2 saturated heterocycles. The highest BCUT2D eigenvalue weighted by Gasteiger charge is 2.42. The first-order chi connectivity index (χ1) is 19.3. The SMILES string of the molecule is CC1CC(C)CN(c2ccc(N3C(=S)NC(c4ccccn4)C3c3cccn3-c3ccc(Cl)cc3Cl)cc2Cl)C1. The molecule has 2 aliphatic rings. The first-order valence-corrected chi connectivity index (χ1v) is 15.0. The quantitative estimate of drug-likeness (QED) is 0.229. The molecular formula is C31H30Cl3N5S. The summed E-state index contributed by atoms with van der Waals surface area (Å²) in [7, 11) is 0. The number of piperidine rings is 1. The summed E-state index contributed by atoms with van der Waals surface area (Å²) in [5.41, 5.74) is 4.72. The zero-order valence-electron chi connectivity index (χ0n) is 22.3. The van der Waals surface area contributed by atoms with Crippen LogP contribution in [0.3, 0.4) is 0 Å². The Kier molecular flexibility index (Phi) is 7.71. The van der Waals surface area contributed by atoms with Gasteiger partial charge in [0.2, 0.25) is 0 Å². The summed E-state index contributed by atoms with van der Waals surface area (Å²) in [4.78, 5) is 9.24. The Morgan fingerprint density at radius 2 is 1.62 bits per heavy atom. The van der Waals surface area contributed by atoms with E-state index in [1.807, 2.05) is 48.7 Å². The van der Waals surface area contributed by atoms with Gasteiger partial charge in [0.15, 0.2) is 5.11 Å². The number of anilines is 2. The summed E-state index contributed by atoms with van der Waals surface area (Å²) in [6, 6.07) is 21.4. The predicted molar refractivity (Wildman–Crippen MR) is 170 cm³/mol. The maximum Gasteiger partial charge on any atom is 0.174 e. The molecule has 2 aromatic carbocycles. The number of thiocarbonyl (C=S) groups is 1. The molecule has 40 heavy (non-hydrogen) atoms. The summed E-state index contributed by atoms with van der Waals surface area (Å²) < 4.78 is 2.09. The Hall–Kier alpha value is -2.77. The minimum absolute atomic E-state index is 0.198. The Morgan fingerprint density at radius 1 is 0.875 bits per heavy atom. The maximum absolute atomic E-state index is 6.99. The van der Waals surface area contributed by atoms with Gasteiger partial charge in [0.05, 0.1) is 33.2 Å². The van der Waals surface area contributed by atoms with E-state index in [0.717, 1.165) is 46.6 Å². The van der Waals surface area contributed by atoms with Crippen molar-refractivity contribution in [2.45, 2.75) is 32.4 Å². The van der Waals surface area contributed by atoms with E-state index in [-0.39, 0.29) is 12.1 Å². The second kappa shape index (κ2) is 11.2. The van der Waals surface area contributed by atoms with E-state index < -0.39 is 0 Å². The van der Waals surface area contributed by atoms with Crippen LogP contribution in [-0.4, -0.2) is 27.8 Å². The van der Waals surface area contributed by atoms with Gasteiger partial charge in [-0.05, 0) is 91.1 Å². The summed E-state index contributed by atoms with van der Waals surface area (Å²) in [5.74, 6) is 1.26. The average Bonchev–Trinajstić information content (AvgIpc) is 3.52. The molecule has 4 unspecified atom stereocenters. The molecule has 2 aliphatic heterocycles. The third kappa shape index (κ3) is 5.18. The highest BCUT2D eigenvalue weighted by Crippen LogP contribution is 2.44. The van der Waals surface area contributed by atoms with Gasteiger partial charge in [-0.15, -0.1) is 0 Å². The van der Waals surface area contributed by atoms with Crippen molar-refractivity contribution in [3.8, 4) is 5.69 Å². The Morgan fingerprint density at radius 3 is 2.33 bits per heavy atom. The van der Waals surface area contributed by atoms with Crippen molar-refractivity contribution in [3.05, 3.63) is 106 Å². The number of benzene rings is 2. The molecule has 0 amide bonds. The van der Waals surface area contributed by atoms with Crippen molar-refractivity contribution in [3.63, 3.8) is 0 Å². The van der Waals surface area contributed by atoms with Crippen LogP contribution in [0.25, 0.3) is 5.69 Å². The second-order valence-corrected chi connectivity index (χ2v) is 12.5. The Balaban J connectivity index is 1.44. The topological polar surface area (TPSA) is 36.3 Å². The van der Waals surface area contributed by atoms with Crippen molar-refractivity contribution >= 4 is 63.5 Å². The number of hydrogen-bond donors (Lipinski definition) is 1. The van der Waals surface area contributed by atoms with Crippen molar-refractivity contribution in [2.24, 2.45) is 11.8 Å². The van der Waals surface area contributed by atoms with Crippen molar-refractivity contribution in [2.75, 3.05) is 22.9 Å². The van der Waals surface area contributed by atoms with Crippen LogP contribution in [0.1, 0.15) is 43.7 Å². The smallest absolute Gasteiger partial charge is 0.174 e. The van der Waals surface area contributed by atoms with Crippen molar-refractivity contribution in [1.82, 2.24) is 14.9 Å². The van der Waals surface area contributed by atoms with Crippen LogP contribution in [0.15, 0.2) is 79.1 Å². The number of hydrogen-bond acceptors (Lipinski definition) is 3. The van der Waals surface area contributed by atoms with Crippen LogP contribution in [0.4, 0.5) is 11.4 Å². The van der Waals surface area contributed by atoms with Gasteiger partial charge in [-0.3, -0.25) is 4.98 Å². The van der Waals surface area contributed by atoms with Crippen LogP contribution in [0, 0.1) is 11.8 Å². The van der Waals surface area contributed by atoms with E-state index in [1.54, 1.807) is 12.3 Å². The third-order valence-corrected chi connectivity index (χ3v) is 8.92. The number of nitrogens with one attached hydrogen (secondary N) is 1. The molecular weight excluding hydrogens is 581 g/mol. The van der Waals surface area contributed by atoms with Crippen LogP contribution >= 0.6 is 47.0 Å². The largest absolute Gasteiger partial charge is 0.370 e. The summed E-state index contributed by atoms with van der Waals surface area (Å²) in [6.45, 7) is 6.63. The highest BCUT2D eigenvalue weighted by atomic mass is 35.5. The molecule has 0 aliphatic carbocycles. The fourth-order valence-corrected chi connectivity index (χ4v) is 7.37. The van der Waals surface area contributed by atoms with Gasteiger partial charge < -0.3 is 19.7 Å². The van der Waals surface area contributed by atoms with Crippen LogP contribution in [-0.2, 0) is 0 Å². The molecule has 206 valence electrons. The maximum atomic E-state index is 6.99. The monoisotopic (exact) mass is 609 g/mol. The standard InChI is InChI=1S/C31H30Cl3N5S/c1-19-14-20(2)18-37(17-19)26-11-9-22(16-24(26)34)39-30(29(36-31(39)40)25-6-3-4-12-35-25)28-7-5-13-38(28)27-10-8-21(32)15-23(27)33/h3-13,15-16,19-20,29-30H,14,17-18H2,1-2H3,(H,36,40). The van der Waals surface area contributed by atoms with Crippen molar-refractivity contribution in [1.29, 1.82) is 0 Å². The Bertz CT molecular complexity index is 1530.